The first kappa shape index (κ1) is 10.1. The molecule has 0 amide bonds. The van der Waals surface area contributed by atoms with Crippen molar-refractivity contribution in [3.05, 3.63) is 33.5 Å². The largest absolute Gasteiger partial charge is 0.346 e. The van der Waals surface area contributed by atoms with Crippen molar-refractivity contribution in [1.29, 1.82) is 0 Å². The molecule has 14 heavy (non-hydrogen) atoms. The van der Waals surface area contributed by atoms with Gasteiger partial charge in [-0.3, -0.25) is 0 Å². The highest BCUT2D eigenvalue weighted by Gasteiger charge is 2.24. The Hall–Kier alpha value is -0.450. The molecule has 0 spiro atoms. The summed E-state index contributed by atoms with van der Waals surface area (Å²) in [5.41, 5.74) is 1.33. The minimum Gasteiger partial charge on any atom is -0.346 e. The lowest BCUT2D eigenvalue weighted by molar-refractivity contribution is -0.0469. The SMILES string of the molecule is Cc1c(Br)ccc(F)c1C1OCCO1. The number of halogens is 2. The molecule has 0 atom stereocenters. The molecular weight excluding hydrogens is 251 g/mol. The summed E-state index contributed by atoms with van der Waals surface area (Å²) in [6.07, 6.45) is -0.549. The molecule has 4 heteroatoms. The van der Waals surface area contributed by atoms with Crippen molar-refractivity contribution in [3.8, 4) is 0 Å². The monoisotopic (exact) mass is 260 g/mol. The van der Waals surface area contributed by atoms with Crippen molar-refractivity contribution in [2.75, 3.05) is 13.2 Å². The van der Waals surface area contributed by atoms with Gasteiger partial charge >= 0.3 is 0 Å². The van der Waals surface area contributed by atoms with Crippen molar-refractivity contribution in [2.24, 2.45) is 0 Å². The summed E-state index contributed by atoms with van der Waals surface area (Å²) in [5, 5.41) is 0. The zero-order valence-corrected chi connectivity index (χ0v) is 9.30. The van der Waals surface area contributed by atoms with Crippen LogP contribution in [0, 0.1) is 12.7 Å². The van der Waals surface area contributed by atoms with E-state index in [1.165, 1.54) is 6.07 Å². The molecule has 1 aliphatic heterocycles. The molecule has 0 radical (unpaired) electrons. The lowest BCUT2D eigenvalue weighted by atomic mass is 10.1. The quantitative estimate of drug-likeness (QED) is 0.773. The molecule has 1 aliphatic rings. The number of rotatable bonds is 1. The fourth-order valence-electron chi connectivity index (χ4n) is 1.48. The number of hydrogen-bond acceptors (Lipinski definition) is 2. The second kappa shape index (κ2) is 3.96. The van der Waals surface area contributed by atoms with Crippen molar-refractivity contribution < 1.29 is 13.9 Å². The van der Waals surface area contributed by atoms with Crippen LogP contribution in [0.5, 0.6) is 0 Å². The average Bonchev–Trinajstić information content (AvgIpc) is 2.65. The van der Waals surface area contributed by atoms with Crippen molar-refractivity contribution in [2.45, 2.75) is 13.2 Å². The Morgan fingerprint density at radius 2 is 2.00 bits per heavy atom. The van der Waals surface area contributed by atoms with Crippen LogP contribution < -0.4 is 0 Å². The highest BCUT2D eigenvalue weighted by Crippen LogP contribution is 2.32. The van der Waals surface area contributed by atoms with Gasteiger partial charge < -0.3 is 9.47 Å². The Morgan fingerprint density at radius 3 is 2.64 bits per heavy atom. The van der Waals surface area contributed by atoms with E-state index < -0.39 is 6.29 Å². The molecule has 0 saturated carbocycles. The smallest absolute Gasteiger partial charge is 0.187 e. The minimum atomic E-state index is -0.549. The predicted octanol–water partition coefficient (Wildman–Crippen LogP) is 2.94. The van der Waals surface area contributed by atoms with Crippen molar-refractivity contribution in [3.63, 3.8) is 0 Å². The standard InChI is InChI=1S/C10H10BrFO2/c1-6-7(11)2-3-8(12)9(6)10-13-4-5-14-10/h2-3,10H,4-5H2,1H3. The molecule has 2 rings (SSSR count). The van der Waals surface area contributed by atoms with Gasteiger partial charge in [-0.25, -0.2) is 4.39 Å². The van der Waals surface area contributed by atoms with Crippen LogP contribution in [0.2, 0.25) is 0 Å². The van der Waals surface area contributed by atoms with Gasteiger partial charge in [-0.1, -0.05) is 15.9 Å². The summed E-state index contributed by atoms with van der Waals surface area (Å²) in [6, 6.07) is 3.10. The number of benzene rings is 1. The summed E-state index contributed by atoms with van der Waals surface area (Å²) < 4.78 is 24.9. The van der Waals surface area contributed by atoms with Crippen LogP contribution in [0.4, 0.5) is 4.39 Å². The third kappa shape index (κ3) is 1.69. The maximum absolute atomic E-state index is 13.5. The molecule has 0 aromatic heterocycles. The molecule has 1 saturated heterocycles. The summed E-state index contributed by atoms with van der Waals surface area (Å²) in [7, 11) is 0. The fourth-order valence-corrected chi connectivity index (χ4v) is 1.83. The highest BCUT2D eigenvalue weighted by atomic mass is 79.9. The Balaban J connectivity index is 2.44. The van der Waals surface area contributed by atoms with Gasteiger partial charge in [0.1, 0.15) is 5.82 Å². The summed E-state index contributed by atoms with van der Waals surface area (Å²) >= 11 is 3.35. The van der Waals surface area contributed by atoms with E-state index >= 15 is 0 Å². The second-order valence-electron chi connectivity index (χ2n) is 3.14. The van der Waals surface area contributed by atoms with Crippen LogP contribution >= 0.6 is 15.9 Å². The number of ether oxygens (including phenoxy) is 2. The average molecular weight is 261 g/mol. The molecule has 1 heterocycles. The van der Waals surface area contributed by atoms with Gasteiger partial charge in [0.15, 0.2) is 6.29 Å². The third-order valence-corrected chi connectivity index (χ3v) is 3.11. The topological polar surface area (TPSA) is 18.5 Å². The fraction of sp³-hybridized carbons (Fsp3) is 0.400. The van der Waals surface area contributed by atoms with Crippen LogP contribution in [0.15, 0.2) is 16.6 Å². The van der Waals surface area contributed by atoms with Gasteiger partial charge in [0.05, 0.1) is 13.2 Å². The Bertz CT molecular complexity index is 348. The van der Waals surface area contributed by atoms with Gasteiger partial charge in [0.2, 0.25) is 0 Å². The van der Waals surface area contributed by atoms with Gasteiger partial charge in [-0.2, -0.15) is 0 Å². The van der Waals surface area contributed by atoms with E-state index in [-0.39, 0.29) is 5.82 Å². The van der Waals surface area contributed by atoms with Crippen molar-refractivity contribution >= 4 is 15.9 Å². The minimum absolute atomic E-state index is 0.280. The van der Waals surface area contributed by atoms with E-state index in [1.807, 2.05) is 6.92 Å². The normalized spacial score (nSPS) is 17.6. The molecule has 1 aromatic carbocycles. The van der Waals surface area contributed by atoms with Gasteiger partial charge in [0.25, 0.3) is 0 Å². The van der Waals surface area contributed by atoms with Crippen LogP contribution in [0.25, 0.3) is 0 Å². The lowest BCUT2D eigenvalue weighted by Crippen LogP contribution is -2.04. The van der Waals surface area contributed by atoms with Crippen LogP contribution in [-0.2, 0) is 9.47 Å². The first-order valence-electron chi connectivity index (χ1n) is 4.38. The maximum atomic E-state index is 13.5. The second-order valence-corrected chi connectivity index (χ2v) is 4.00. The molecule has 0 unspecified atom stereocenters. The first-order chi connectivity index (χ1) is 6.70. The molecule has 1 fully saturated rings. The molecule has 0 aliphatic carbocycles. The van der Waals surface area contributed by atoms with Crippen LogP contribution in [0.1, 0.15) is 17.4 Å². The zero-order valence-electron chi connectivity index (χ0n) is 7.72. The van der Waals surface area contributed by atoms with Gasteiger partial charge in [0, 0.05) is 10.0 Å². The van der Waals surface area contributed by atoms with E-state index in [1.54, 1.807) is 6.07 Å². The first-order valence-corrected chi connectivity index (χ1v) is 5.17. The van der Waals surface area contributed by atoms with Gasteiger partial charge in [-0.05, 0) is 24.6 Å². The summed E-state index contributed by atoms with van der Waals surface area (Å²) in [4.78, 5) is 0. The van der Waals surface area contributed by atoms with E-state index in [4.69, 9.17) is 9.47 Å². The Labute approximate surface area is 90.1 Å². The molecular formula is C10H10BrFO2. The summed E-state index contributed by atoms with van der Waals surface area (Å²) in [5.74, 6) is -0.280. The number of hydrogen-bond donors (Lipinski definition) is 0. The Morgan fingerprint density at radius 1 is 1.36 bits per heavy atom. The van der Waals surface area contributed by atoms with Crippen molar-refractivity contribution in [1.82, 2.24) is 0 Å². The predicted molar refractivity (Wildman–Crippen MR) is 53.5 cm³/mol. The van der Waals surface area contributed by atoms with E-state index in [9.17, 15) is 4.39 Å². The van der Waals surface area contributed by atoms with Crippen LogP contribution in [0.3, 0.4) is 0 Å². The Kier molecular flexibility index (Phi) is 2.85. The molecule has 2 nitrogen and oxygen atoms in total. The molecule has 0 N–H and O–H groups in total. The highest BCUT2D eigenvalue weighted by molar-refractivity contribution is 9.10. The van der Waals surface area contributed by atoms with E-state index in [0.29, 0.717) is 18.8 Å². The molecule has 76 valence electrons. The van der Waals surface area contributed by atoms with E-state index in [2.05, 4.69) is 15.9 Å². The zero-order chi connectivity index (χ0) is 10.1. The molecule has 0 bridgehead atoms. The van der Waals surface area contributed by atoms with Crippen LogP contribution in [-0.4, -0.2) is 13.2 Å². The third-order valence-electron chi connectivity index (χ3n) is 2.25. The lowest BCUT2D eigenvalue weighted by Gasteiger charge is -2.14. The summed E-state index contributed by atoms with van der Waals surface area (Å²) in [6.45, 7) is 2.89. The van der Waals surface area contributed by atoms with E-state index in [0.717, 1.165) is 10.0 Å². The maximum Gasteiger partial charge on any atom is 0.187 e. The molecule has 1 aromatic rings. The van der Waals surface area contributed by atoms with Gasteiger partial charge in [-0.15, -0.1) is 0 Å².